The van der Waals surface area contributed by atoms with Gasteiger partial charge in [0.25, 0.3) is 0 Å². The molecular formula is C18H17NO4. The first-order valence-corrected chi connectivity index (χ1v) is 7.35. The maximum atomic E-state index is 11.2. The van der Waals surface area contributed by atoms with Gasteiger partial charge in [0.15, 0.2) is 0 Å². The highest BCUT2D eigenvalue weighted by atomic mass is 16.5. The van der Waals surface area contributed by atoms with Gasteiger partial charge < -0.3 is 19.5 Å². The van der Waals surface area contributed by atoms with E-state index < -0.39 is 5.97 Å². The number of ether oxygens (including phenoxy) is 1. The first-order chi connectivity index (χ1) is 11.1. The van der Waals surface area contributed by atoms with Crippen LogP contribution in [0.2, 0.25) is 0 Å². The average molecular weight is 311 g/mol. The van der Waals surface area contributed by atoms with Crippen molar-refractivity contribution in [2.24, 2.45) is 0 Å². The zero-order valence-electron chi connectivity index (χ0n) is 12.7. The van der Waals surface area contributed by atoms with Crippen LogP contribution in [0.5, 0.6) is 11.5 Å². The summed E-state index contributed by atoms with van der Waals surface area (Å²) in [5.74, 6) is -0.237. The molecule has 1 aromatic heterocycles. The molecule has 1 heterocycles. The van der Waals surface area contributed by atoms with Gasteiger partial charge in [-0.1, -0.05) is 6.07 Å². The number of aromatic nitrogens is 1. The number of carbonyl (C=O) groups is 1. The van der Waals surface area contributed by atoms with E-state index in [0.29, 0.717) is 12.4 Å². The van der Waals surface area contributed by atoms with Crippen molar-refractivity contribution in [3.05, 3.63) is 59.8 Å². The minimum atomic E-state index is -0.948. The van der Waals surface area contributed by atoms with Crippen LogP contribution in [0.4, 0.5) is 0 Å². The molecule has 0 bridgehead atoms. The number of carboxylic acid groups (broad SMARTS) is 1. The Bertz CT molecular complexity index is 867. The number of hydrogen-bond acceptors (Lipinski definition) is 3. The highest BCUT2D eigenvalue weighted by Crippen LogP contribution is 2.25. The maximum Gasteiger partial charge on any atom is 0.335 e. The minimum absolute atomic E-state index is 0.145. The van der Waals surface area contributed by atoms with Crippen molar-refractivity contribution in [2.75, 3.05) is 0 Å². The Labute approximate surface area is 133 Å². The normalized spacial score (nSPS) is 10.8. The number of phenolic OH excluding ortho intramolecular Hbond substituents is 1. The number of rotatable bonds is 5. The van der Waals surface area contributed by atoms with Crippen molar-refractivity contribution in [1.82, 2.24) is 4.57 Å². The lowest BCUT2D eigenvalue weighted by molar-refractivity contribution is 0.0697. The van der Waals surface area contributed by atoms with Gasteiger partial charge in [0.05, 0.1) is 5.56 Å². The number of aromatic hydroxyl groups is 1. The summed E-state index contributed by atoms with van der Waals surface area (Å²) in [5, 5.41) is 19.5. The lowest BCUT2D eigenvalue weighted by atomic mass is 10.1. The third-order valence-electron chi connectivity index (χ3n) is 3.76. The Morgan fingerprint density at radius 1 is 1.22 bits per heavy atom. The topological polar surface area (TPSA) is 71.7 Å². The second kappa shape index (κ2) is 6.04. The summed E-state index contributed by atoms with van der Waals surface area (Å²) in [7, 11) is 0. The number of carboxylic acids is 1. The molecule has 3 aromatic rings. The molecule has 0 radical (unpaired) electrons. The molecule has 0 saturated carbocycles. The Morgan fingerprint density at radius 2 is 2.04 bits per heavy atom. The van der Waals surface area contributed by atoms with E-state index in [1.807, 2.05) is 19.2 Å². The number of phenols is 1. The smallest absolute Gasteiger partial charge is 0.335 e. The Hall–Kier alpha value is -2.95. The van der Waals surface area contributed by atoms with Crippen LogP contribution in [0.3, 0.4) is 0 Å². The van der Waals surface area contributed by atoms with Gasteiger partial charge in [-0.3, -0.25) is 0 Å². The van der Waals surface area contributed by atoms with Crippen LogP contribution in [0.25, 0.3) is 10.9 Å². The summed E-state index contributed by atoms with van der Waals surface area (Å²) in [6.45, 7) is 3.12. The molecule has 0 amide bonds. The van der Waals surface area contributed by atoms with Gasteiger partial charge in [0.2, 0.25) is 0 Å². The van der Waals surface area contributed by atoms with Crippen molar-refractivity contribution in [3.8, 4) is 11.5 Å². The SMILES string of the molecule is CCn1cc(COc2cccc(O)c2)c2cc(C(=O)O)ccc21. The zero-order chi connectivity index (χ0) is 16.4. The summed E-state index contributed by atoms with van der Waals surface area (Å²) >= 11 is 0. The van der Waals surface area contributed by atoms with E-state index in [-0.39, 0.29) is 11.3 Å². The predicted octanol–water partition coefficient (Wildman–Crippen LogP) is 3.64. The molecule has 0 aliphatic rings. The molecule has 23 heavy (non-hydrogen) atoms. The highest BCUT2D eigenvalue weighted by molar-refractivity contribution is 5.95. The molecule has 0 spiro atoms. The molecule has 118 valence electrons. The van der Waals surface area contributed by atoms with Crippen LogP contribution in [0.15, 0.2) is 48.7 Å². The highest BCUT2D eigenvalue weighted by Gasteiger charge is 2.12. The predicted molar refractivity (Wildman–Crippen MR) is 87.0 cm³/mol. The van der Waals surface area contributed by atoms with E-state index in [2.05, 4.69) is 4.57 Å². The number of nitrogens with zero attached hydrogens (tertiary/aromatic N) is 1. The number of hydrogen-bond donors (Lipinski definition) is 2. The summed E-state index contributed by atoms with van der Waals surface area (Å²) < 4.78 is 7.78. The third-order valence-corrected chi connectivity index (χ3v) is 3.76. The Balaban J connectivity index is 1.95. The van der Waals surface area contributed by atoms with Crippen molar-refractivity contribution < 1.29 is 19.7 Å². The van der Waals surface area contributed by atoms with E-state index in [4.69, 9.17) is 4.74 Å². The zero-order valence-corrected chi connectivity index (χ0v) is 12.7. The Kier molecular flexibility index (Phi) is 3.93. The lowest BCUT2D eigenvalue weighted by Gasteiger charge is -2.06. The van der Waals surface area contributed by atoms with Crippen LogP contribution in [0.1, 0.15) is 22.8 Å². The number of benzene rings is 2. The molecule has 0 aliphatic heterocycles. The molecule has 0 saturated heterocycles. The minimum Gasteiger partial charge on any atom is -0.508 e. The quantitative estimate of drug-likeness (QED) is 0.754. The molecule has 0 aliphatic carbocycles. The van der Waals surface area contributed by atoms with Crippen molar-refractivity contribution in [1.29, 1.82) is 0 Å². The first-order valence-electron chi connectivity index (χ1n) is 7.35. The van der Waals surface area contributed by atoms with Gasteiger partial charge in [-0.25, -0.2) is 4.79 Å². The second-order valence-corrected chi connectivity index (χ2v) is 5.26. The van der Waals surface area contributed by atoms with Crippen LogP contribution >= 0.6 is 0 Å². The fourth-order valence-electron chi connectivity index (χ4n) is 2.61. The van der Waals surface area contributed by atoms with Gasteiger partial charge in [-0.2, -0.15) is 0 Å². The van der Waals surface area contributed by atoms with Crippen molar-refractivity contribution in [3.63, 3.8) is 0 Å². The van der Waals surface area contributed by atoms with Crippen molar-refractivity contribution in [2.45, 2.75) is 20.1 Å². The van der Waals surface area contributed by atoms with Gasteiger partial charge in [-0.05, 0) is 37.3 Å². The van der Waals surface area contributed by atoms with E-state index >= 15 is 0 Å². The molecule has 5 heteroatoms. The molecule has 5 nitrogen and oxygen atoms in total. The third kappa shape index (κ3) is 2.99. The number of aromatic carboxylic acids is 1. The van der Waals surface area contributed by atoms with Crippen LogP contribution in [-0.2, 0) is 13.2 Å². The molecule has 0 fully saturated rings. The lowest BCUT2D eigenvalue weighted by Crippen LogP contribution is -1.97. The van der Waals surface area contributed by atoms with E-state index in [1.165, 1.54) is 0 Å². The summed E-state index contributed by atoms with van der Waals surface area (Å²) in [6.07, 6.45) is 1.97. The largest absolute Gasteiger partial charge is 0.508 e. The monoisotopic (exact) mass is 311 g/mol. The van der Waals surface area contributed by atoms with Gasteiger partial charge in [0, 0.05) is 35.3 Å². The second-order valence-electron chi connectivity index (χ2n) is 5.26. The molecule has 0 unspecified atom stereocenters. The maximum absolute atomic E-state index is 11.2. The van der Waals surface area contributed by atoms with Crippen LogP contribution in [0, 0.1) is 0 Å². The van der Waals surface area contributed by atoms with Crippen LogP contribution in [-0.4, -0.2) is 20.7 Å². The summed E-state index contributed by atoms with van der Waals surface area (Å²) in [4.78, 5) is 11.2. The van der Waals surface area contributed by atoms with E-state index in [1.54, 1.807) is 36.4 Å². The van der Waals surface area contributed by atoms with Gasteiger partial charge >= 0.3 is 5.97 Å². The van der Waals surface area contributed by atoms with E-state index in [0.717, 1.165) is 23.0 Å². The molecule has 2 N–H and O–H groups in total. The molecule has 3 rings (SSSR count). The summed E-state index contributed by atoms with van der Waals surface area (Å²) in [5.41, 5.74) is 2.14. The standard InChI is InChI=1S/C18H17NO4/c1-2-19-10-13(11-23-15-5-3-4-14(20)9-15)16-8-12(18(21)22)6-7-17(16)19/h3-10,20H,2,11H2,1H3,(H,21,22). The molecular weight excluding hydrogens is 294 g/mol. The van der Waals surface area contributed by atoms with Crippen LogP contribution < -0.4 is 4.74 Å². The Morgan fingerprint density at radius 3 is 2.74 bits per heavy atom. The summed E-state index contributed by atoms with van der Waals surface area (Å²) in [6, 6.07) is 11.7. The fraction of sp³-hybridized carbons (Fsp3) is 0.167. The van der Waals surface area contributed by atoms with E-state index in [9.17, 15) is 15.0 Å². The number of aryl methyl sites for hydroxylation is 1. The number of fused-ring (bicyclic) bond motifs is 1. The first kappa shape index (κ1) is 15.0. The fourth-order valence-corrected chi connectivity index (χ4v) is 2.61. The average Bonchev–Trinajstić information content (AvgIpc) is 2.90. The molecule has 0 atom stereocenters. The molecule has 2 aromatic carbocycles. The van der Waals surface area contributed by atoms with Gasteiger partial charge in [-0.15, -0.1) is 0 Å². The van der Waals surface area contributed by atoms with Crippen molar-refractivity contribution >= 4 is 16.9 Å². The van der Waals surface area contributed by atoms with Gasteiger partial charge in [0.1, 0.15) is 18.1 Å².